The van der Waals surface area contributed by atoms with Crippen molar-refractivity contribution in [3.63, 3.8) is 0 Å². The Morgan fingerprint density at radius 3 is 2.19 bits per heavy atom. The van der Waals surface area contributed by atoms with Crippen molar-refractivity contribution >= 4 is 0 Å². The molecule has 0 radical (unpaired) electrons. The van der Waals surface area contributed by atoms with Gasteiger partial charge in [0.05, 0.1) is 0 Å². The molecule has 0 aliphatic carbocycles. The van der Waals surface area contributed by atoms with E-state index >= 15 is 0 Å². The van der Waals surface area contributed by atoms with Crippen LogP contribution in [0.3, 0.4) is 0 Å². The highest BCUT2D eigenvalue weighted by molar-refractivity contribution is 4.65. The number of alkyl halides is 3. The summed E-state index contributed by atoms with van der Waals surface area (Å²) < 4.78 is 35.5. The summed E-state index contributed by atoms with van der Waals surface area (Å²) in [5, 5.41) is 6.32. The normalized spacial score (nSPS) is 14.4. The van der Waals surface area contributed by atoms with Gasteiger partial charge in [-0.15, -0.1) is 0 Å². The Labute approximate surface area is 96.0 Å². The minimum absolute atomic E-state index is 0.151. The van der Waals surface area contributed by atoms with E-state index in [2.05, 4.69) is 24.5 Å². The van der Waals surface area contributed by atoms with Gasteiger partial charge < -0.3 is 10.6 Å². The van der Waals surface area contributed by atoms with Crippen LogP contribution in [0.2, 0.25) is 0 Å². The first-order chi connectivity index (χ1) is 7.31. The van der Waals surface area contributed by atoms with Crippen molar-refractivity contribution in [1.82, 2.24) is 10.6 Å². The van der Waals surface area contributed by atoms with Crippen LogP contribution < -0.4 is 10.6 Å². The van der Waals surface area contributed by atoms with Crippen LogP contribution in [0.25, 0.3) is 0 Å². The van der Waals surface area contributed by atoms with Crippen LogP contribution in [0.4, 0.5) is 13.2 Å². The van der Waals surface area contributed by atoms with E-state index in [1.54, 1.807) is 0 Å². The van der Waals surface area contributed by atoms with E-state index in [1.165, 1.54) is 0 Å². The van der Waals surface area contributed by atoms with Gasteiger partial charge in [-0.2, -0.15) is 13.2 Å². The third-order valence-electron chi connectivity index (χ3n) is 2.13. The van der Waals surface area contributed by atoms with Crippen molar-refractivity contribution in [3.05, 3.63) is 0 Å². The average molecular weight is 240 g/mol. The van der Waals surface area contributed by atoms with Crippen LogP contribution in [0.1, 0.15) is 33.6 Å². The Morgan fingerprint density at radius 1 is 1.06 bits per heavy atom. The second-order valence-corrected chi connectivity index (χ2v) is 4.63. The quantitative estimate of drug-likeness (QED) is 0.637. The topological polar surface area (TPSA) is 24.1 Å². The average Bonchev–Trinajstić information content (AvgIpc) is 2.10. The van der Waals surface area contributed by atoms with Crippen LogP contribution in [0.15, 0.2) is 0 Å². The zero-order valence-corrected chi connectivity index (χ0v) is 10.3. The molecule has 0 aromatic rings. The lowest BCUT2D eigenvalue weighted by molar-refractivity contribution is -0.135. The fourth-order valence-corrected chi connectivity index (χ4v) is 1.30. The number of hydrogen-bond acceptors (Lipinski definition) is 2. The van der Waals surface area contributed by atoms with E-state index in [-0.39, 0.29) is 12.5 Å². The lowest BCUT2D eigenvalue weighted by atomic mass is 10.2. The van der Waals surface area contributed by atoms with Crippen molar-refractivity contribution in [2.75, 3.05) is 19.6 Å². The van der Waals surface area contributed by atoms with Gasteiger partial charge in [-0.3, -0.25) is 0 Å². The molecule has 0 saturated carbocycles. The second-order valence-electron chi connectivity index (χ2n) is 4.63. The summed E-state index contributed by atoms with van der Waals surface area (Å²) in [5.41, 5.74) is 0. The lowest BCUT2D eigenvalue weighted by Gasteiger charge is -2.16. The second kappa shape index (κ2) is 7.90. The van der Waals surface area contributed by atoms with Gasteiger partial charge in [0.25, 0.3) is 0 Å². The van der Waals surface area contributed by atoms with Gasteiger partial charge in [-0.1, -0.05) is 13.8 Å². The summed E-state index contributed by atoms with van der Waals surface area (Å²) in [7, 11) is 0. The van der Waals surface area contributed by atoms with Crippen LogP contribution >= 0.6 is 0 Å². The van der Waals surface area contributed by atoms with E-state index in [1.807, 2.05) is 6.92 Å². The highest BCUT2D eigenvalue weighted by atomic mass is 19.4. The molecule has 0 rings (SSSR count). The zero-order valence-electron chi connectivity index (χ0n) is 10.3. The molecule has 16 heavy (non-hydrogen) atoms. The van der Waals surface area contributed by atoms with E-state index in [9.17, 15) is 13.2 Å². The third kappa shape index (κ3) is 11.8. The van der Waals surface area contributed by atoms with Gasteiger partial charge in [0, 0.05) is 19.0 Å². The smallest absolute Gasteiger partial charge is 0.315 e. The molecule has 0 aliphatic rings. The predicted molar refractivity (Wildman–Crippen MR) is 60.5 cm³/mol. The van der Waals surface area contributed by atoms with E-state index in [0.29, 0.717) is 12.5 Å². The summed E-state index contributed by atoms with van der Waals surface area (Å²) in [5.74, 6) is 0.595. The van der Waals surface area contributed by atoms with Gasteiger partial charge in [0.2, 0.25) is 0 Å². The maximum atomic E-state index is 11.8. The van der Waals surface area contributed by atoms with Crippen LogP contribution in [0.5, 0.6) is 0 Å². The Balaban J connectivity index is 3.34. The Bertz CT molecular complexity index is 169. The molecule has 0 aromatic carbocycles. The Morgan fingerprint density at radius 2 is 1.69 bits per heavy atom. The molecule has 98 valence electrons. The minimum Gasteiger partial charge on any atom is -0.315 e. The predicted octanol–water partition coefficient (Wildman–Crippen LogP) is 2.55. The Kier molecular flexibility index (Phi) is 7.76. The summed E-state index contributed by atoms with van der Waals surface area (Å²) in [6, 6.07) is 0.215. The highest BCUT2D eigenvalue weighted by Gasteiger charge is 2.25. The van der Waals surface area contributed by atoms with Crippen molar-refractivity contribution in [2.45, 2.75) is 45.8 Å². The first kappa shape index (κ1) is 15.7. The molecule has 0 aromatic heterocycles. The molecule has 0 aliphatic heterocycles. The van der Waals surface area contributed by atoms with Crippen molar-refractivity contribution in [2.24, 2.45) is 5.92 Å². The molecular formula is C11H23F3N2. The molecule has 0 spiro atoms. The van der Waals surface area contributed by atoms with Crippen molar-refractivity contribution in [1.29, 1.82) is 0 Å². The first-order valence-corrected chi connectivity index (χ1v) is 5.82. The lowest BCUT2D eigenvalue weighted by Crippen LogP contribution is -2.38. The molecule has 0 bridgehead atoms. The van der Waals surface area contributed by atoms with E-state index in [0.717, 1.165) is 13.1 Å². The van der Waals surface area contributed by atoms with Gasteiger partial charge in [0.15, 0.2) is 0 Å². The summed E-state index contributed by atoms with van der Waals surface area (Å²) in [6.45, 7) is 8.37. The summed E-state index contributed by atoms with van der Waals surface area (Å²) >= 11 is 0. The molecule has 2 N–H and O–H groups in total. The number of rotatable bonds is 8. The first-order valence-electron chi connectivity index (χ1n) is 5.82. The highest BCUT2D eigenvalue weighted by Crippen LogP contribution is 2.20. The molecule has 0 saturated heterocycles. The van der Waals surface area contributed by atoms with Crippen molar-refractivity contribution < 1.29 is 13.2 Å². The molecule has 5 heteroatoms. The SMILES string of the molecule is CC(C)CNCC(C)NCCCC(F)(F)F. The van der Waals surface area contributed by atoms with E-state index in [4.69, 9.17) is 0 Å². The van der Waals surface area contributed by atoms with Gasteiger partial charge in [-0.05, 0) is 32.4 Å². The van der Waals surface area contributed by atoms with Gasteiger partial charge >= 0.3 is 6.18 Å². The minimum atomic E-state index is -4.03. The number of nitrogens with one attached hydrogen (secondary N) is 2. The summed E-state index contributed by atoms with van der Waals surface area (Å²) in [4.78, 5) is 0. The number of halogens is 3. The van der Waals surface area contributed by atoms with Crippen LogP contribution in [0, 0.1) is 5.92 Å². The monoisotopic (exact) mass is 240 g/mol. The largest absolute Gasteiger partial charge is 0.389 e. The maximum absolute atomic E-state index is 11.8. The third-order valence-corrected chi connectivity index (χ3v) is 2.13. The van der Waals surface area contributed by atoms with E-state index < -0.39 is 12.6 Å². The Hall–Kier alpha value is -0.290. The zero-order chi connectivity index (χ0) is 12.6. The molecule has 1 unspecified atom stereocenters. The van der Waals surface area contributed by atoms with Gasteiger partial charge in [0.1, 0.15) is 0 Å². The van der Waals surface area contributed by atoms with Crippen LogP contribution in [-0.2, 0) is 0 Å². The van der Waals surface area contributed by atoms with Gasteiger partial charge in [-0.25, -0.2) is 0 Å². The summed E-state index contributed by atoms with van der Waals surface area (Å²) in [6.07, 6.45) is -4.58. The molecule has 2 nitrogen and oxygen atoms in total. The fourth-order valence-electron chi connectivity index (χ4n) is 1.30. The molecule has 0 heterocycles. The molecule has 0 fully saturated rings. The fraction of sp³-hybridized carbons (Fsp3) is 1.00. The molecule has 1 atom stereocenters. The molecule has 0 amide bonds. The number of hydrogen-bond donors (Lipinski definition) is 2. The van der Waals surface area contributed by atoms with Crippen LogP contribution in [-0.4, -0.2) is 31.9 Å². The van der Waals surface area contributed by atoms with Crippen molar-refractivity contribution in [3.8, 4) is 0 Å². The maximum Gasteiger partial charge on any atom is 0.389 e. The standard InChI is InChI=1S/C11H23F3N2/c1-9(2)7-15-8-10(3)16-6-4-5-11(12,13)14/h9-10,15-16H,4-8H2,1-3H3. The molecular weight excluding hydrogens is 217 g/mol.